The second kappa shape index (κ2) is 8.76. The third-order valence-corrected chi connectivity index (χ3v) is 6.11. The lowest BCUT2D eigenvalue weighted by atomic mass is 9.93. The maximum atomic E-state index is 13.7. The Morgan fingerprint density at radius 3 is 2.57 bits per heavy atom. The fourth-order valence-corrected chi connectivity index (χ4v) is 4.45. The van der Waals surface area contributed by atoms with E-state index in [1.807, 2.05) is 18.2 Å². The summed E-state index contributed by atoms with van der Waals surface area (Å²) in [6.07, 6.45) is 3.49. The minimum atomic E-state index is -0.999. The Balaban J connectivity index is 1.72. The maximum Gasteiger partial charge on any atom is 0.336 e. The topological polar surface area (TPSA) is 85.0 Å². The summed E-state index contributed by atoms with van der Waals surface area (Å²) in [6, 6.07) is 15.8. The average Bonchev–Trinajstić information content (AvgIpc) is 3.50. The molecule has 5 aromatic rings. The number of hydrogen-bond acceptors (Lipinski definition) is 3. The number of carbonyl (C=O) groups is 1. The van der Waals surface area contributed by atoms with Crippen molar-refractivity contribution in [3.63, 3.8) is 0 Å². The Morgan fingerprint density at radius 1 is 1.09 bits per heavy atom. The zero-order valence-electron chi connectivity index (χ0n) is 19.5. The molecule has 5 rings (SSSR count). The quantitative estimate of drug-likeness (QED) is 0.247. The number of aromatic amines is 2. The van der Waals surface area contributed by atoms with Crippen LogP contribution in [0.5, 0.6) is 0 Å². The summed E-state index contributed by atoms with van der Waals surface area (Å²) in [4.78, 5) is 17.2. The normalized spacial score (nSPS) is 11.4. The first kappa shape index (κ1) is 22.4. The highest BCUT2D eigenvalue weighted by Gasteiger charge is 2.21. The molecule has 2 heterocycles. The predicted octanol–water partition coefficient (Wildman–Crippen LogP) is 6.74. The number of fused-ring (bicyclic) bond motifs is 2. The van der Waals surface area contributed by atoms with Crippen LogP contribution in [0.4, 0.5) is 15.8 Å². The molecular formula is C28H25FN4O2. The van der Waals surface area contributed by atoms with Gasteiger partial charge < -0.3 is 15.0 Å². The van der Waals surface area contributed by atoms with E-state index in [9.17, 15) is 14.3 Å². The molecule has 3 aromatic carbocycles. The van der Waals surface area contributed by atoms with E-state index >= 15 is 0 Å². The summed E-state index contributed by atoms with van der Waals surface area (Å²) in [6.45, 7) is 9.32. The SMILES string of the molecule is C=C(c1cc(C(=O)O)c2cc[nH]c2c1)c1cc2[nH]ncc2cc1N(CC(C)C)c1ccc(F)cc1. The smallest absolute Gasteiger partial charge is 0.336 e. The number of nitrogens with zero attached hydrogens (tertiary/aromatic N) is 2. The van der Waals surface area contributed by atoms with E-state index in [1.165, 1.54) is 12.1 Å². The number of nitrogens with one attached hydrogen (secondary N) is 2. The lowest BCUT2D eigenvalue weighted by molar-refractivity contribution is 0.0699. The number of hydrogen-bond donors (Lipinski definition) is 3. The largest absolute Gasteiger partial charge is 0.478 e. The van der Waals surface area contributed by atoms with Crippen LogP contribution in [-0.4, -0.2) is 32.8 Å². The van der Waals surface area contributed by atoms with Gasteiger partial charge in [0, 0.05) is 46.0 Å². The Labute approximate surface area is 201 Å². The number of anilines is 2. The Bertz CT molecular complexity index is 1560. The van der Waals surface area contributed by atoms with Gasteiger partial charge in [-0.2, -0.15) is 5.10 Å². The number of aromatic nitrogens is 3. The third kappa shape index (κ3) is 4.17. The molecule has 176 valence electrons. The molecule has 6 nitrogen and oxygen atoms in total. The summed E-state index contributed by atoms with van der Waals surface area (Å²) in [5, 5.41) is 18.6. The van der Waals surface area contributed by atoms with Crippen molar-refractivity contribution in [1.29, 1.82) is 0 Å². The first-order chi connectivity index (χ1) is 16.8. The number of carboxylic acids is 1. The van der Waals surface area contributed by atoms with Crippen molar-refractivity contribution in [2.75, 3.05) is 11.4 Å². The molecule has 2 aromatic heterocycles. The standard InChI is InChI=1S/C28H25FN4O2/c1-16(2)15-33(21-6-4-20(29)5-7-21)27-12-19-14-31-32-25(19)13-23(27)17(3)18-10-24(28(34)35)22-8-9-30-26(22)11-18/h4-14,16,30H,3,15H2,1-2H3,(H,31,32)(H,34,35). The molecule has 7 heteroatoms. The second-order valence-corrected chi connectivity index (χ2v) is 9.05. The van der Waals surface area contributed by atoms with Crippen LogP contribution in [0.1, 0.15) is 35.3 Å². The van der Waals surface area contributed by atoms with Crippen molar-refractivity contribution in [1.82, 2.24) is 15.2 Å². The Hall–Kier alpha value is -4.39. The molecule has 0 aliphatic rings. The predicted molar refractivity (Wildman–Crippen MR) is 138 cm³/mol. The molecule has 0 aliphatic heterocycles. The van der Waals surface area contributed by atoms with Crippen LogP contribution in [0.2, 0.25) is 0 Å². The lowest BCUT2D eigenvalue weighted by Gasteiger charge is -2.30. The summed E-state index contributed by atoms with van der Waals surface area (Å²) < 4.78 is 13.7. The molecule has 3 N–H and O–H groups in total. The van der Waals surface area contributed by atoms with E-state index in [4.69, 9.17) is 0 Å². The molecule has 0 spiro atoms. The van der Waals surface area contributed by atoms with Crippen molar-refractivity contribution in [3.8, 4) is 0 Å². The molecule has 0 saturated heterocycles. The zero-order chi connectivity index (χ0) is 24.7. The van der Waals surface area contributed by atoms with Gasteiger partial charge in [-0.25, -0.2) is 9.18 Å². The maximum absolute atomic E-state index is 13.7. The Morgan fingerprint density at radius 2 is 1.86 bits per heavy atom. The molecule has 0 unspecified atom stereocenters. The van der Waals surface area contributed by atoms with Crippen LogP contribution >= 0.6 is 0 Å². The van der Waals surface area contributed by atoms with E-state index in [2.05, 4.69) is 40.5 Å². The summed E-state index contributed by atoms with van der Waals surface area (Å²) in [5.41, 5.74) is 5.70. The highest BCUT2D eigenvalue weighted by atomic mass is 19.1. The highest BCUT2D eigenvalue weighted by molar-refractivity contribution is 6.05. The molecule has 0 radical (unpaired) electrons. The van der Waals surface area contributed by atoms with Gasteiger partial charge in [0.2, 0.25) is 0 Å². The second-order valence-electron chi connectivity index (χ2n) is 9.05. The summed E-state index contributed by atoms with van der Waals surface area (Å²) >= 11 is 0. The van der Waals surface area contributed by atoms with Gasteiger partial charge in [-0.15, -0.1) is 0 Å². The highest BCUT2D eigenvalue weighted by Crippen LogP contribution is 2.39. The molecular weight excluding hydrogens is 443 g/mol. The van der Waals surface area contributed by atoms with Crippen molar-refractivity contribution in [2.24, 2.45) is 5.92 Å². The number of rotatable bonds is 7. The molecule has 0 aliphatic carbocycles. The van der Waals surface area contributed by atoms with Gasteiger partial charge >= 0.3 is 5.97 Å². The van der Waals surface area contributed by atoms with E-state index < -0.39 is 5.97 Å². The summed E-state index contributed by atoms with van der Waals surface area (Å²) in [5.74, 6) is -0.982. The van der Waals surface area contributed by atoms with E-state index in [1.54, 1.807) is 36.7 Å². The van der Waals surface area contributed by atoms with E-state index in [0.717, 1.165) is 33.4 Å². The van der Waals surface area contributed by atoms with Gasteiger partial charge in [0.15, 0.2) is 0 Å². The van der Waals surface area contributed by atoms with E-state index in [0.29, 0.717) is 29.0 Å². The fourth-order valence-electron chi connectivity index (χ4n) is 4.45. The molecule has 0 fully saturated rings. The van der Waals surface area contributed by atoms with Crippen LogP contribution in [0, 0.1) is 11.7 Å². The molecule has 0 amide bonds. The molecule has 0 bridgehead atoms. The van der Waals surface area contributed by atoms with Gasteiger partial charge in [0.25, 0.3) is 0 Å². The monoisotopic (exact) mass is 468 g/mol. The zero-order valence-corrected chi connectivity index (χ0v) is 19.5. The Kier molecular flexibility index (Phi) is 5.61. The van der Waals surface area contributed by atoms with Gasteiger partial charge in [-0.3, -0.25) is 5.10 Å². The number of H-pyrrole nitrogens is 2. The van der Waals surface area contributed by atoms with Crippen LogP contribution in [0.25, 0.3) is 27.4 Å². The summed E-state index contributed by atoms with van der Waals surface area (Å²) in [7, 11) is 0. The first-order valence-corrected chi connectivity index (χ1v) is 11.4. The number of halogens is 1. The average molecular weight is 469 g/mol. The van der Waals surface area contributed by atoms with Crippen LogP contribution in [0.3, 0.4) is 0 Å². The molecule has 0 saturated carbocycles. The van der Waals surface area contributed by atoms with Crippen molar-refractivity contribution in [2.45, 2.75) is 13.8 Å². The minimum Gasteiger partial charge on any atom is -0.478 e. The van der Waals surface area contributed by atoms with E-state index in [-0.39, 0.29) is 11.4 Å². The van der Waals surface area contributed by atoms with Gasteiger partial charge in [-0.1, -0.05) is 20.4 Å². The fraction of sp³-hybridized carbons (Fsp3) is 0.143. The lowest BCUT2D eigenvalue weighted by Crippen LogP contribution is -2.23. The van der Waals surface area contributed by atoms with Gasteiger partial charge in [0.1, 0.15) is 5.82 Å². The van der Waals surface area contributed by atoms with Crippen LogP contribution in [-0.2, 0) is 0 Å². The van der Waals surface area contributed by atoms with Crippen LogP contribution < -0.4 is 4.90 Å². The van der Waals surface area contributed by atoms with Gasteiger partial charge in [-0.05, 0) is 71.7 Å². The number of carboxylic acid groups (broad SMARTS) is 1. The van der Waals surface area contributed by atoms with Gasteiger partial charge in [0.05, 0.1) is 17.3 Å². The van der Waals surface area contributed by atoms with Crippen molar-refractivity contribution >= 4 is 44.7 Å². The van der Waals surface area contributed by atoms with Crippen LogP contribution in [0.15, 0.2) is 73.6 Å². The number of benzene rings is 3. The van der Waals surface area contributed by atoms with Crippen molar-refractivity contribution in [3.05, 3.63) is 96.1 Å². The molecule has 0 atom stereocenters. The number of aromatic carboxylic acids is 1. The first-order valence-electron chi connectivity index (χ1n) is 11.4. The third-order valence-electron chi connectivity index (χ3n) is 6.11. The minimum absolute atomic E-state index is 0.210. The van der Waals surface area contributed by atoms with Crippen molar-refractivity contribution < 1.29 is 14.3 Å². The molecule has 35 heavy (non-hydrogen) atoms.